The van der Waals surface area contributed by atoms with E-state index in [0.29, 0.717) is 5.92 Å². The molecule has 2 aromatic heterocycles. The van der Waals surface area contributed by atoms with Crippen LogP contribution in [0.25, 0.3) is 5.52 Å². The third-order valence-corrected chi connectivity index (χ3v) is 2.49. The number of nitrogens with zero attached hydrogens (tertiary/aromatic N) is 3. The van der Waals surface area contributed by atoms with Gasteiger partial charge in [0.15, 0.2) is 5.82 Å². The van der Waals surface area contributed by atoms with E-state index in [-0.39, 0.29) is 0 Å². The summed E-state index contributed by atoms with van der Waals surface area (Å²) in [6.07, 6.45) is 5.38. The first kappa shape index (κ1) is 10.9. The minimum absolute atomic E-state index is 0.565. The van der Waals surface area contributed by atoms with Crippen LogP contribution in [0.2, 0.25) is 0 Å². The van der Waals surface area contributed by atoms with Gasteiger partial charge in [0.05, 0.1) is 6.20 Å². The first-order valence-electron chi connectivity index (χ1n) is 5.48. The van der Waals surface area contributed by atoms with E-state index in [1.54, 1.807) is 12.4 Å². The Kier molecular flexibility index (Phi) is 3.36. The molecule has 5 heteroatoms. The molecule has 0 aliphatic rings. The highest BCUT2D eigenvalue weighted by molar-refractivity contribution is 5.66. The smallest absolute Gasteiger partial charge is 0.152 e. The normalized spacial score (nSPS) is 12.9. The lowest BCUT2D eigenvalue weighted by molar-refractivity contribution is 0.569. The summed E-state index contributed by atoms with van der Waals surface area (Å²) in [5.41, 5.74) is 1.01. The molecule has 2 aromatic rings. The zero-order chi connectivity index (χ0) is 11.4. The van der Waals surface area contributed by atoms with Crippen LogP contribution in [0, 0.1) is 5.92 Å². The molecule has 1 atom stereocenters. The van der Waals surface area contributed by atoms with E-state index in [1.165, 1.54) is 0 Å². The van der Waals surface area contributed by atoms with Crippen molar-refractivity contribution in [2.24, 2.45) is 5.92 Å². The second kappa shape index (κ2) is 4.94. The number of hydrogen-bond donors (Lipinski definition) is 2. The van der Waals surface area contributed by atoms with Crippen LogP contribution in [0.15, 0.2) is 24.7 Å². The van der Waals surface area contributed by atoms with E-state index < -0.39 is 0 Å². The predicted octanol–water partition coefficient (Wildman–Crippen LogP) is 0.997. The van der Waals surface area contributed by atoms with Crippen molar-refractivity contribution in [3.8, 4) is 0 Å². The SMILES string of the molecule is CNCC(C)CNc1nccn2nccc12. The van der Waals surface area contributed by atoms with Crippen LogP contribution in [0.4, 0.5) is 5.82 Å². The zero-order valence-corrected chi connectivity index (χ0v) is 9.64. The number of fused-ring (bicyclic) bond motifs is 1. The summed E-state index contributed by atoms with van der Waals surface area (Å²) in [5, 5.41) is 10.7. The van der Waals surface area contributed by atoms with E-state index in [2.05, 4.69) is 27.6 Å². The molecule has 1 unspecified atom stereocenters. The maximum Gasteiger partial charge on any atom is 0.152 e. The molecule has 0 saturated carbocycles. The van der Waals surface area contributed by atoms with Crippen LogP contribution in [-0.4, -0.2) is 34.7 Å². The van der Waals surface area contributed by atoms with E-state index in [4.69, 9.17) is 0 Å². The van der Waals surface area contributed by atoms with Gasteiger partial charge in [-0.05, 0) is 25.6 Å². The van der Waals surface area contributed by atoms with Crippen LogP contribution in [0.3, 0.4) is 0 Å². The largest absolute Gasteiger partial charge is 0.368 e. The quantitative estimate of drug-likeness (QED) is 0.787. The van der Waals surface area contributed by atoms with Crippen LogP contribution in [0.1, 0.15) is 6.92 Å². The lowest BCUT2D eigenvalue weighted by Gasteiger charge is -2.12. The molecule has 0 fully saturated rings. The van der Waals surface area contributed by atoms with Gasteiger partial charge in [-0.1, -0.05) is 6.92 Å². The van der Waals surface area contributed by atoms with Gasteiger partial charge in [-0.2, -0.15) is 5.10 Å². The van der Waals surface area contributed by atoms with Crippen molar-refractivity contribution in [2.75, 3.05) is 25.5 Å². The second-order valence-electron chi connectivity index (χ2n) is 3.98. The Hall–Kier alpha value is -1.62. The van der Waals surface area contributed by atoms with Gasteiger partial charge in [0.25, 0.3) is 0 Å². The Morgan fingerprint density at radius 3 is 3.06 bits per heavy atom. The highest BCUT2D eigenvalue weighted by atomic mass is 15.2. The summed E-state index contributed by atoms with van der Waals surface area (Å²) in [6.45, 7) is 4.09. The molecule has 0 amide bonds. The molecule has 2 heterocycles. The topological polar surface area (TPSA) is 54.2 Å². The first-order chi connectivity index (χ1) is 7.81. The predicted molar refractivity (Wildman–Crippen MR) is 64.6 cm³/mol. The third kappa shape index (κ3) is 2.30. The summed E-state index contributed by atoms with van der Waals surface area (Å²) >= 11 is 0. The van der Waals surface area contributed by atoms with Gasteiger partial charge < -0.3 is 10.6 Å². The lowest BCUT2D eigenvalue weighted by Crippen LogP contribution is -2.23. The fraction of sp³-hybridized carbons (Fsp3) is 0.455. The van der Waals surface area contributed by atoms with Crippen molar-refractivity contribution < 1.29 is 0 Å². The van der Waals surface area contributed by atoms with Crippen molar-refractivity contribution in [3.05, 3.63) is 24.7 Å². The fourth-order valence-corrected chi connectivity index (χ4v) is 1.69. The van der Waals surface area contributed by atoms with Crippen molar-refractivity contribution in [3.63, 3.8) is 0 Å². The average Bonchev–Trinajstić information content (AvgIpc) is 2.75. The molecule has 0 aromatic carbocycles. The summed E-state index contributed by atoms with van der Waals surface area (Å²) in [7, 11) is 1.96. The lowest BCUT2D eigenvalue weighted by atomic mass is 10.2. The summed E-state index contributed by atoms with van der Waals surface area (Å²) in [6, 6.07) is 1.96. The average molecular weight is 219 g/mol. The van der Waals surface area contributed by atoms with Crippen molar-refractivity contribution in [1.82, 2.24) is 19.9 Å². The minimum Gasteiger partial charge on any atom is -0.368 e. The van der Waals surface area contributed by atoms with Crippen LogP contribution in [0.5, 0.6) is 0 Å². The van der Waals surface area contributed by atoms with Gasteiger partial charge in [0.1, 0.15) is 5.52 Å². The van der Waals surface area contributed by atoms with Crippen LogP contribution in [-0.2, 0) is 0 Å². The van der Waals surface area contributed by atoms with Crippen molar-refractivity contribution in [1.29, 1.82) is 0 Å². The molecule has 16 heavy (non-hydrogen) atoms. The molecule has 2 rings (SSSR count). The fourth-order valence-electron chi connectivity index (χ4n) is 1.69. The standard InChI is InChI=1S/C11H17N5/c1-9(7-12-2)8-14-11-10-3-4-15-16(10)6-5-13-11/h3-6,9,12H,7-8H2,1-2H3,(H,13,14). The molecule has 86 valence electrons. The van der Waals surface area contributed by atoms with Gasteiger partial charge in [0.2, 0.25) is 0 Å². The molecule has 0 radical (unpaired) electrons. The summed E-state index contributed by atoms with van der Waals surface area (Å²) < 4.78 is 1.82. The second-order valence-corrected chi connectivity index (χ2v) is 3.98. The molecular formula is C11H17N5. The van der Waals surface area contributed by atoms with E-state index in [1.807, 2.05) is 23.8 Å². The van der Waals surface area contributed by atoms with Gasteiger partial charge in [0, 0.05) is 18.9 Å². The van der Waals surface area contributed by atoms with Gasteiger partial charge in [-0.3, -0.25) is 0 Å². The number of nitrogens with one attached hydrogen (secondary N) is 2. The number of rotatable bonds is 5. The summed E-state index contributed by atoms with van der Waals surface area (Å²) in [4.78, 5) is 4.32. The van der Waals surface area contributed by atoms with Gasteiger partial charge in [-0.25, -0.2) is 9.50 Å². The monoisotopic (exact) mass is 219 g/mol. The minimum atomic E-state index is 0.565. The molecule has 0 aliphatic heterocycles. The number of hydrogen-bond acceptors (Lipinski definition) is 4. The molecule has 5 nitrogen and oxygen atoms in total. The Balaban J connectivity index is 2.06. The molecule has 0 saturated heterocycles. The number of anilines is 1. The number of aromatic nitrogens is 3. The van der Waals surface area contributed by atoms with E-state index in [0.717, 1.165) is 24.4 Å². The Morgan fingerprint density at radius 1 is 1.38 bits per heavy atom. The highest BCUT2D eigenvalue weighted by Crippen LogP contribution is 2.12. The summed E-state index contributed by atoms with van der Waals surface area (Å²) in [5.74, 6) is 1.46. The Morgan fingerprint density at radius 2 is 2.25 bits per heavy atom. The molecular weight excluding hydrogens is 202 g/mol. The molecule has 0 spiro atoms. The van der Waals surface area contributed by atoms with Gasteiger partial charge in [-0.15, -0.1) is 0 Å². The highest BCUT2D eigenvalue weighted by Gasteiger charge is 2.04. The maximum absolute atomic E-state index is 4.32. The zero-order valence-electron chi connectivity index (χ0n) is 9.64. The maximum atomic E-state index is 4.32. The van der Waals surface area contributed by atoms with Crippen LogP contribution >= 0.6 is 0 Å². The molecule has 0 bridgehead atoms. The van der Waals surface area contributed by atoms with E-state index >= 15 is 0 Å². The van der Waals surface area contributed by atoms with Crippen molar-refractivity contribution >= 4 is 11.3 Å². The molecule has 0 aliphatic carbocycles. The van der Waals surface area contributed by atoms with E-state index in [9.17, 15) is 0 Å². The van der Waals surface area contributed by atoms with Gasteiger partial charge >= 0.3 is 0 Å². The van der Waals surface area contributed by atoms with Crippen molar-refractivity contribution in [2.45, 2.75) is 6.92 Å². The Bertz CT molecular complexity index is 450. The van der Waals surface area contributed by atoms with Crippen LogP contribution < -0.4 is 10.6 Å². The first-order valence-corrected chi connectivity index (χ1v) is 5.48. The Labute approximate surface area is 94.9 Å². The third-order valence-electron chi connectivity index (χ3n) is 2.49. The molecule has 2 N–H and O–H groups in total.